The van der Waals surface area contributed by atoms with Crippen LogP contribution in [0.25, 0.3) is 11.3 Å². The maximum Gasteiger partial charge on any atom is 0.234 e. The van der Waals surface area contributed by atoms with Crippen LogP contribution < -0.4 is 10.2 Å². The van der Waals surface area contributed by atoms with E-state index in [1.165, 1.54) is 5.69 Å². The van der Waals surface area contributed by atoms with Crippen molar-refractivity contribution in [2.75, 3.05) is 37.6 Å². The number of nitrogens with one attached hydrogen (secondary N) is 1. The Labute approximate surface area is 190 Å². The molecule has 2 heterocycles. The molecule has 6 nitrogen and oxygen atoms in total. The zero-order valence-corrected chi connectivity index (χ0v) is 19.0. The van der Waals surface area contributed by atoms with Crippen LogP contribution in [0.4, 0.5) is 5.69 Å². The normalized spacial score (nSPS) is 14.7. The predicted octanol–water partition coefficient (Wildman–Crippen LogP) is 3.98. The van der Waals surface area contributed by atoms with Crippen molar-refractivity contribution in [2.24, 2.45) is 5.92 Å². The molecule has 3 aromatic rings. The van der Waals surface area contributed by atoms with E-state index in [2.05, 4.69) is 53.2 Å². The van der Waals surface area contributed by atoms with Crippen LogP contribution >= 0.6 is 0 Å². The molecule has 1 N–H and O–H groups in total. The first-order valence-corrected chi connectivity index (χ1v) is 11.4. The molecule has 1 aromatic heterocycles. The molecule has 168 valence electrons. The van der Waals surface area contributed by atoms with Crippen LogP contribution in [0, 0.1) is 5.92 Å². The maximum atomic E-state index is 12.5. The standard InChI is InChI=1S/C26H32N4O2/c1-20(2)17-23-26(21-9-5-3-6-10-21)28-25(32-23)18-27-24(31)19-29-13-15-30(16-14-29)22-11-7-4-8-12-22/h3-12,20H,13-19H2,1-2H3,(H,27,31). The Hall–Kier alpha value is -3.12. The van der Waals surface area contributed by atoms with Crippen molar-refractivity contribution in [1.29, 1.82) is 0 Å². The lowest BCUT2D eigenvalue weighted by Crippen LogP contribution is -2.49. The highest BCUT2D eigenvalue weighted by Gasteiger charge is 2.20. The van der Waals surface area contributed by atoms with E-state index in [1.807, 2.05) is 36.4 Å². The summed E-state index contributed by atoms with van der Waals surface area (Å²) in [5.41, 5.74) is 3.16. The predicted molar refractivity (Wildman–Crippen MR) is 127 cm³/mol. The first kappa shape index (κ1) is 22.1. The average molecular weight is 433 g/mol. The second kappa shape index (κ2) is 10.5. The number of piperazine rings is 1. The van der Waals surface area contributed by atoms with Crippen LogP contribution in [0.15, 0.2) is 65.1 Å². The smallest absolute Gasteiger partial charge is 0.234 e. The molecule has 1 saturated heterocycles. The molecule has 2 aromatic carbocycles. The minimum absolute atomic E-state index is 0.00281. The number of benzene rings is 2. The van der Waals surface area contributed by atoms with Crippen molar-refractivity contribution >= 4 is 11.6 Å². The van der Waals surface area contributed by atoms with Crippen LogP contribution in [0.1, 0.15) is 25.5 Å². The van der Waals surface area contributed by atoms with Gasteiger partial charge >= 0.3 is 0 Å². The second-order valence-corrected chi connectivity index (χ2v) is 8.72. The van der Waals surface area contributed by atoms with Gasteiger partial charge in [-0.15, -0.1) is 0 Å². The van der Waals surface area contributed by atoms with Gasteiger partial charge in [-0.2, -0.15) is 0 Å². The van der Waals surface area contributed by atoms with Gasteiger partial charge in [-0.1, -0.05) is 62.4 Å². The quantitative estimate of drug-likeness (QED) is 0.583. The molecule has 1 aliphatic heterocycles. The van der Waals surface area contributed by atoms with E-state index in [9.17, 15) is 4.79 Å². The summed E-state index contributed by atoms with van der Waals surface area (Å²) in [5.74, 6) is 1.90. The lowest BCUT2D eigenvalue weighted by atomic mass is 10.0. The summed E-state index contributed by atoms with van der Waals surface area (Å²) in [6.07, 6.45) is 0.816. The number of nitrogens with zero attached hydrogens (tertiary/aromatic N) is 3. The van der Waals surface area contributed by atoms with Gasteiger partial charge in [-0.25, -0.2) is 4.98 Å². The summed E-state index contributed by atoms with van der Waals surface area (Å²) in [4.78, 5) is 21.8. The molecular formula is C26H32N4O2. The molecule has 0 saturated carbocycles. The van der Waals surface area contributed by atoms with Gasteiger partial charge in [0.1, 0.15) is 11.5 Å². The average Bonchev–Trinajstić information content (AvgIpc) is 3.21. The molecule has 0 bridgehead atoms. The third-order valence-electron chi connectivity index (χ3n) is 5.68. The van der Waals surface area contributed by atoms with E-state index in [4.69, 9.17) is 9.40 Å². The number of aromatic nitrogens is 1. The van der Waals surface area contributed by atoms with Crippen LogP contribution in [0.3, 0.4) is 0 Å². The van der Waals surface area contributed by atoms with E-state index < -0.39 is 0 Å². The third-order valence-corrected chi connectivity index (χ3v) is 5.68. The van der Waals surface area contributed by atoms with E-state index in [-0.39, 0.29) is 5.91 Å². The van der Waals surface area contributed by atoms with Crippen LogP contribution in [-0.2, 0) is 17.8 Å². The first-order chi connectivity index (χ1) is 15.6. The van der Waals surface area contributed by atoms with Gasteiger partial charge in [-0.05, 0) is 18.1 Å². The van der Waals surface area contributed by atoms with Crippen LogP contribution in [0.5, 0.6) is 0 Å². The number of rotatable bonds is 8. The molecule has 1 amide bonds. The van der Waals surface area contributed by atoms with Gasteiger partial charge in [0.05, 0.1) is 13.1 Å². The van der Waals surface area contributed by atoms with Gasteiger partial charge in [0.15, 0.2) is 0 Å². The Morgan fingerprint density at radius 3 is 2.31 bits per heavy atom. The molecule has 0 spiro atoms. The summed E-state index contributed by atoms with van der Waals surface area (Å²) in [7, 11) is 0. The Morgan fingerprint density at radius 2 is 1.66 bits per heavy atom. The number of para-hydroxylation sites is 1. The van der Waals surface area contributed by atoms with Crippen molar-refractivity contribution in [1.82, 2.24) is 15.2 Å². The highest BCUT2D eigenvalue weighted by Crippen LogP contribution is 2.26. The van der Waals surface area contributed by atoms with Crippen LogP contribution in [0.2, 0.25) is 0 Å². The van der Waals surface area contributed by atoms with E-state index >= 15 is 0 Å². The zero-order valence-electron chi connectivity index (χ0n) is 19.0. The summed E-state index contributed by atoms with van der Waals surface area (Å²) in [5, 5.41) is 2.98. The van der Waals surface area contributed by atoms with E-state index in [1.54, 1.807) is 0 Å². The molecule has 0 atom stereocenters. The zero-order chi connectivity index (χ0) is 22.3. The number of carbonyl (C=O) groups is 1. The Balaban J connectivity index is 1.30. The van der Waals surface area contributed by atoms with Gasteiger partial charge in [0.25, 0.3) is 0 Å². The molecule has 32 heavy (non-hydrogen) atoms. The number of oxazole rings is 1. The Morgan fingerprint density at radius 1 is 1.00 bits per heavy atom. The Kier molecular flexibility index (Phi) is 7.22. The lowest BCUT2D eigenvalue weighted by molar-refractivity contribution is -0.122. The topological polar surface area (TPSA) is 61.6 Å². The summed E-state index contributed by atoms with van der Waals surface area (Å²) >= 11 is 0. The van der Waals surface area contributed by atoms with Gasteiger partial charge < -0.3 is 14.6 Å². The van der Waals surface area contributed by atoms with Crippen LogP contribution in [-0.4, -0.2) is 48.5 Å². The highest BCUT2D eigenvalue weighted by atomic mass is 16.4. The maximum absolute atomic E-state index is 12.5. The molecule has 6 heteroatoms. The summed E-state index contributed by atoms with van der Waals surface area (Å²) in [6.45, 7) is 8.63. The first-order valence-electron chi connectivity index (χ1n) is 11.4. The third kappa shape index (κ3) is 5.77. The molecule has 1 aliphatic rings. The SMILES string of the molecule is CC(C)Cc1oc(CNC(=O)CN2CCN(c3ccccc3)CC2)nc1-c1ccccc1. The second-order valence-electron chi connectivity index (χ2n) is 8.72. The molecular weight excluding hydrogens is 400 g/mol. The van der Waals surface area contributed by atoms with Crippen molar-refractivity contribution in [2.45, 2.75) is 26.8 Å². The fourth-order valence-corrected chi connectivity index (χ4v) is 4.04. The largest absolute Gasteiger partial charge is 0.443 e. The molecule has 0 radical (unpaired) electrons. The van der Waals surface area contributed by atoms with E-state index in [0.29, 0.717) is 24.9 Å². The summed E-state index contributed by atoms with van der Waals surface area (Å²) < 4.78 is 6.04. The molecule has 1 fully saturated rings. The van der Waals surface area contributed by atoms with E-state index in [0.717, 1.165) is 49.6 Å². The lowest BCUT2D eigenvalue weighted by Gasteiger charge is -2.35. The minimum atomic E-state index is 0.00281. The number of hydrogen-bond acceptors (Lipinski definition) is 5. The monoisotopic (exact) mass is 432 g/mol. The van der Waals surface area contributed by atoms with Crippen molar-refractivity contribution in [3.8, 4) is 11.3 Å². The fourth-order valence-electron chi connectivity index (χ4n) is 4.04. The fraction of sp³-hybridized carbons (Fsp3) is 0.385. The minimum Gasteiger partial charge on any atom is -0.443 e. The van der Waals surface area contributed by atoms with Gasteiger partial charge in [0, 0.05) is 43.9 Å². The number of amides is 1. The molecule has 4 rings (SSSR count). The number of anilines is 1. The van der Waals surface area contributed by atoms with Crippen molar-refractivity contribution in [3.05, 3.63) is 72.3 Å². The van der Waals surface area contributed by atoms with Gasteiger partial charge in [0.2, 0.25) is 11.8 Å². The number of hydrogen-bond donors (Lipinski definition) is 1. The van der Waals surface area contributed by atoms with Crippen molar-refractivity contribution < 1.29 is 9.21 Å². The Bertz CT molecular complexity index is 993. The summed E-state index contributed by atoms with van der Waals surface area (Å²) in [6, 6.07) is 20.5. The highest BCUT2D eigenvalue weighted by molar-refractivity contribution is 5.78. The molecule has 0 aliphatic carbocycles. The van der Waals surface area contributed by atoms with Gasteiger partial charge in [-0.3, -0.25) is 9.69 Å². The molecule has 0 unspecified atom stereocenters. The number of carbonyl (C=O) groups excluding carboxylic acids is 1. The van der Waals surface area contributed by atoms with Crippen molar-refractivity contribution in [3.63, 3.8) is 0 Å².